The van der Waals surface area contributed by atoms with Crippen molar-refractivity contribution in [3.63, 3.8) is 0 Å². The smallest absolute Gasteiger partial charge is 0.344 e. The Kier molecular flexibility index (Phi) is 22.4. The number of hydrazone groups is 1. The van der Waals surface area contributed by atoms with E-state index in [-0.39, 0.29) is 36.1 Å². The number of nitrogens with two attached hydrogens (primary N) is 1. The van der Waals surface area contributed by atoms with Gasteiger partial charge in [-0.1, -0.05) is 20.8 Å². The standard InChI is InChI=1S/C16H14N4O5.C13H11NO4.C8H10O2.C6H4INO2.C3H5N3O2.CH3F/c1-2-10-7-13(11-3-5-12(6-4-11)20(23)24)25-14(10)8-17-19-9-15(21)18-16(19)22;1-2-9-7-12(18-13(9)8-15)10-3-5-11(6-4-10)14(16)17;1-3-7-4-6(2)10-8(7)5-9;7-5-1-3-6(4-2-5)8(9)10;4-6-1-2(7)5-3(6)8;1-2/h3-8H,2,9H2,1H3,(H,18,21,22);3-8H,2H2,1H3;4-5H,3H2,1-2H3;1-4H;1,4H2,(H,5,7,8);1H3/b17-8+;;;;;/i;;;;;1D. The van der Waals surface area contributed by atoms with Crippen molar-refractivity contribution in [3.8, 4) is 22.6 Å². The molecule has 0 spiro atoms. The van der Waals surface area contributed by atoms with Gasteiger partial charge < -0.3 is 13.3 Å². The first kappa shape index (κ1) is 56.8. The van der Waals surface area contributed by atoms with Crippen LogP contribution in [0.4, 0.5) is 31.0 Å². The van der Waals surface area contributed by atoms with Crippen molar-refractivity contribution < 1.29 is 62.5 Å². The number of hydrogen-bond donors (Lipinski definition) is 3. The number of nitrogens with zero attached hydrogens (tertiary/aromatic N) is 6. The molecule has 0 unspecified atom stereocenters. The monoisotopic (exact) mass is 1120 g/mol. The number of urea groups is 2. The van der Waals surface area contributed by atoms with Crippen LogP contribution in [0, 0.1) is 40.8 Å². The first-order valence-corrected chi connectivity index (χ1v) is 22.3. The predicted octanol–water partition coefficient (Wildman–Crippen LogP) is 8.69. The number of halogens is 2. The molecule has 2 aliphatic rings. The van der Waals surface area contributed by atoms with Crippen LogP contribution in [-0.4, -0.2) is 87.7 Å². The highest BCUT2D eigenvalue weighted by Gasteiger charge is 2.26. The number of carbonyl (C=O) groups excluding carboxylic acids is 6. The number of hydrazine groups is 1. The average molecular weight is 1120 g/mol. The van der Waals surface area contributed by atoms with E-state index in [1.807, 2.05) is 45.1 Å². The van der Waals surface area contributed by atoms with Gasteiger partial charge in [0.15, 0.2) is 29.9 Å². The highest BCUT2D eigenvalue weighted by atomic mass is 127. The molecule has 73 heavy (non-hydrogen) atoms. The molecule has 2 aliphatic heterocycles. The summed E-state index contributed by atoms with van der Waals surface area (Å²) in [6.07, 6.45) is 5.03. The first-order valence-electron chi connectivity index (χ1n) is 21.9. The maximum Gasteiger partial charge on any atom is 0.344 e. The van der Waals surface area contributed by atoms with Crippen LogP contribution >= 0.6 is 22.6 Å². The molecule has 0 bridgehead atoms. The molecule has 0 saturated carbocycles. The predicted molar refractivity (Wildman–Crippen MR) is 269 cm³/mol. The number of aryl methyl sites for hydroxylation is 4. The minimum Gasteiger partial charge on any atom is -0.458 e. The zero-order valence-corrected chi connectivity index (χ0v) is 41.4. The number of non-ortho nitro benzene ring substituents is 3. The van der Waals surface area contributed by atoms with Crippen molar-refractivity contribution >= 4 is 82.3 Å². The lowest BCUT2D eigenvalue weighted by atomic mass is 10.1. The molecule has 0 radical (unpaired) electrons. The SMILES string of the molecule is CCc1cc(-c2ccc([N+](=O)[O-])cc2)oc1/C=N/N1CC(=O)NC1=O.CCc1cc(-c2ccc([N+](=O)[O-])cc2)oc1C=O.CCc1cc(C)oc1C=O.NN1CC(=O)NC1=O.O=[N+]([O-])c1ccc(I)cc1.[2H]CF. The number of carbonyl (C=O) groups is 6. The molecule has 24 nitrogen and oxygen atoms in total. The summed E-state index contributed by atoms with van der Waals surface area (Å²) < 4.78 is 32.7. The van der Waals surface area contributed by atoms with Crippen LogP contribution in [0.15, 0.2) is 109 Å². The third-order valence-electron chi connectivity index (χ3n) is 9.68. The number of nitro benzene ring substituents is 3. The summed E-state index contributed by atoms with van der Waals surface area (Å²) in [6.45, 7) is 7.54. The molecule has 2 fully saturated rings. The topological polar surface area (TPSA) is 340 Å². The van der Waals surface area contributed by atoms with Gasteiger partial charge in [0.25, 0.3) is 17.1 Å². The van der Waals surface area contributed by atoms with Crippen LogP contribution in [-0.2, 0) is 28.9 Å². The van der Waals surface area contributed by atoms with Crippen LogP contribution in [0.2, 0.25) is 0 Å². The van der Waals surface area contributed by atoms with Gasteiger partial charge in [0, 0.05) is 62.2 Å². The highest BCUT2D eigenvalue weighted by Crippen LogP contribution is 2.29. The molecule has 0 aliphatic carbocycles. The largest absolute Gasteiger partial charge is 0.458 e. The lowest BCUT2D eigenvalue weighted by Crippen LogP contribution is -2.34. The lowest BCUT2D eigenvalue weighted by Gasteiger charge is -2.03. The van der Waals surface area contributed by atoms with Crippen LogP contribution in [0.1, 0.15) is 71.5 Å². The van der Waals surface area contributed by atoms with Gasteiger partial charge >= 0.3 is 12.1 Å². The number of aldehydes is 2. The third-order valence-corrected chi connectivity index (χ3v) is 10.4. The Labute approximate surface area is 429 Å². The Balaban J connectivity index is 0.000000257. The molecule has 0 atom stereocenters. The fourth-order valence-electron chi connectivity index (χ4n) is 6.05. The zero-order chi connectivity index (χ0) is 55.1. The maximum absolute atomic E-state index is 11.5. The summed E-state index contributed by atoms with van der Waals surface area (Å²) in [5.74, 6) is 7.34. The van der Waals surface area contributed by atoms with E-state index in [4.69, 9.17) is 20.5 Å². The van der Waals surface area contributed by atoms with Crippen LogP contribution in [0.25, 0.3) is 22.6 Å². The summed E-state index contributed by atoms with van der Waals surface area (Å²) in [5, 5.41) is 41.3. The van der Waals surface area contributed by atoms with Gasteiger partial charge in [-0.3, -0.25) is 69.6 Å². The summed E-state index contributed by atoms with van der Waals surface area (Å²) in [6, 6.07) is 22.8. The van der Waals surface area contributed by atoms with E-state index in [1.54, 1.807) is 42.5 Å². The van der Waals surface area contributed by atoms with Gasteiger partial charge in [-0.15, -0.1) is 0 Å². The minimum atomic E-state index is -1.00. The summed E-state index contributed by atoms with van der Waals surface area (Å²) in [4.78, 5) is 94.2. The van der Waals surface area contributed by atoms with E-state index >= 15 is 0 Å². The second-order valence-corrected chi connectivity index (χ2v) is 15.8. The van der Waals surface area contributed by atoms with E-state index in [0.717, 1.165) is 48.7 Å². The molecule has 6 aromatic rings. The van der Waals surface area contributed by atoms with Gasteiger partial charge in [-0.2, -0.15) is 5.10 Å². The van der Waals surface area contributed by atoms with Crippen molar-refractivity contribution in [1.82, 2.24) is 20.7 Å². The second kappa shape index (κ2) is 28.8. The molecule has 4 N–H and O–H groups in total. The number of imide groups is 2. The maximum atomic E-state index is 11.5. The van der Waals surface area contributed by atoms with Crippen molar-refractivity contribution in [3.05, 3.63) is 165 Å². The minimum absolute atomic E-state index is 0.00230. The van der Waals surface area contributed by atoms with Gasteiger partial charge in [0.05, 0.1) is 29.5 Å². The number of benzene rings is 3. The number of amides is 6. The van der Waals surface area contributed by atoms with Gasteiger partial charge in [-0.05, 0) is 109 Å². The molecule has 384 valence electrons. The highest BCUT2D eigenvalue weighted by molar-refractivity contribution is 14.1. The van der Waals surface area contributed by atoms with Crippen LogP contribution < -0.4 is 16.5 Å². The zero-order valence-electron chi connectivity index (χ0n) is 40.3. The molecule has 6 amide bonds. The third kappa shape index (κ3) is 17.5. The van der Waals surface area contributed by atoms with E-state index in [9.17, 15) is 63.5 Å². The molecule has 5 heterocycles. The fourth-order valence-corrected chi connectivity index (χ4v) is 6.41. The molecular formula is C47H47FIN9O15. The van der Waals surface area contributed by atoms with E-state index < -0.39 is 39.9 Å². The average Bonchev–Trinajstić information content (AvgIpc) is 4.22. The molecule has 2 saturated heterocycles. The van der Waals surface area contributed by atoms with E-state index in [0.29, 0.717) is 59.1 Å². The Morgan fingerprint density at radius 3 is 1.38 bits per heavy atom. The normalized spacial score (nSPS) is 12.5. The van der Waals surface area contributed by atoms with E-state index in [2.05, 4.69) is 33.0 Å². The van der Waals surface area contributed by atoms with Crippen LogP contribution in [0.5, 0.6) is 0 Å². The first-order chi connectivity index (χ1) is 35.2. The second-order valence-electron chi connectivity index (χ2n) is 14.5. The Morgan fingerprint density at radius 1 is 0.671 bits per heavy atom. The molecule has 26 heteroatoms. The van der Waals surface area contributed by atoms with Crippen molar-refractivity contribution in [1.29, 1.82) is 0 Å². The van der Waals surface area contributed by atoms with Crippen molar-refractivity contribution in [2.24, 2.45) is 10.9 Å². The number of nitro groups is 3. The quantitative estimate of drug-likeness (QED) is 0.0151. The van der Waals surface area contributed by atoms with Crippen molar-refractivity contribution in [2.45, 2.75) is 47.0 Å². The summed E-state index contributed by atoms with van der Waals surface area (Å²) in [5.41, 5.74) is 4.25. The summed E-state index contributed by atoms with van der Waals surface area (Å²) in [7, 11) is -1.00. The molecular weight excluding hydrogens is 1080 g/mol. The Morgan fingerprint density at radius 2 is 1.05 bits per heavy atom. The van der Waals surface area contributed by atoms with Gasteiger partial charge in [-0.25, -0.2) is 20.4 Å². The number of hydrogen-bond acceptors (Lipinski definition) is 17. The number of alkyl halides is 1. The summed E-state index contributed by atoms with van der Waals surface area (Å²) >= 11 is 2.10. The molecule has 8 rings (SSSR count). The lowest BCUT2D eigenvalue weighted by molar-refractivity contribution is -0.385. The Hall–Kier alpha value is -8.79. The number of furan rings is 3. The van der Waals surface area contributed by atoms with Crippen LogP contribution in [0.3, 0.4) is 0 Å². The van der Waals surface area contributed by atoms with Gasteiger partial charge in [0.1, 0.15) is 30.4 Å². The van der Waals surface area contributed by atoms with Gasteiger partial charge in [0.2, 0.25) is 11.8 Å². The molecule has 3 aromatic carbocycles. The number of rotatable bonds is 12. The van der Waals surface area contributed by atoms with Crippen molar-refractivity contribution in [2.75, 3.05) is 20.2 Å². The molecule has 3 aromatic heterocycles. The Bertz CT molecular complexity index is 2960. The van der Waals surface area contributed by atoms with E-state index in [1.165, 1.54) is 42.6 Å². The number of nitrogens with one attached hydrogen (secondary N) is 2. The fraction of sp³-hybridized carbons (Fsp3) is 0.213.